The van der Waals surface area contributed by atoms with Gasteiger partial charge in [0.05, 0.1) is 12.8 Å². The van der Waals surface area contributed by atoms with Crippen molar-refractivity contribution in [1.82, 2.24) is 15.0 Å². The Bertz CT molecular complexity index is 799. The second kappa shape index (κ2) is 8.70. The van der Waals surface area contributed by atoms with Crippen LogP contribution < -0.4 is 4.74 Å². The van der Waals surface area contributed by atoms with Crippen LogP contribution in [-0.4, -0.2) is 40.4 Å². The smallest absolute Gasteiger partial charge is 0.316 e. The highest BCUT2D eigenvalue weighted by atomic mass is 16.5. The lowest BCUT2D eigenvalue weighted by molar-refractivity contribution is -0.142. The third kappa shape index (κ3) is 4.87. The maximum Gasteiger partial charge on any atom is 0.316 e. The first kappa shape index (κ1) is 18.9. The molecule has 3 rings (SSSR count). The molecule has 0 atom stereocenters. The molecule has 0 radical (unpaired) electrons. The number of rotatable bonds is 6. The summed E-state index contributed by atoms with van der Waals surface area (Å²) in [5.74, 6) is 0.215. The van der Waals surface area contributed by atoms with Crippen molar-refractivity contribution in [3.05, 3.63) is 35.8 Å². The lowest BCUT2D eigenvalue weighted by Crippen LogP contribution is -2.26. The predicted octanol–water partition coefficient (Wildman–Crippen LogP) is 3.16. The summed E-state index contributed by atoms with van der Waals surface area (Å²) in [6.45, 7) is 1.90. The molecule has 27 heavy (non-hydrogen) atoms. The van der Waals surface area contributed by atoms with Crippen molar-refractivity contribution >= 4 is 12.3 Å². The summed E-state index contributed by atoms with van der Waals surface area (Å²) in [6.07, 6.45) is 9.83. The van der Waals surface area contributed by atoms with E-state index < -0.39 is 0 Å². The molecule has 0 unspecified atom stereocenters. The monoisotopic (exact) mass is 369 g/mol. The Kier molecular flexibility index (Phi) is 6.11. The minimum absolute atomic E-state index is 0.0662. The molecule has 0 amide bonds. The lowest BCUT2D eigenvalue weighted by Gasteiger charge is -2.27. The summed E-state index contributed by atoms with van der Waals surface area (Å²) in [5.41, 5.74) is 2.95. The van der Waals surface area contributed by atoms with Crippen molar-refractivity contribution in [3.63, 3.8) is 0 Å². The van der Waals surface area contributed by atoms with Crippen molar-refractivity contribution in [1.29, 1.82) is 0 Å². The van der Waals surface area contributed by atoms with E-state index in [2.05, 4.69) is 15.0 Å². The van der Waals surface area contributed by atoms with Crippen LogP contribution in [0.25, 0.3) is 11.3 Å². The van der Waals surface area contributed by atoms with Crippen molar-refractivity contribution in [3.8, 4) is 17.3 Å². The third-order valence-corrected chi connectivity index (χ3v) is 4.89. The molecule has 2 heterocycles. The molecule has 7 nitrogen and oxygen atoms in total. The molecule has 0 aromatic carbocycles. The number of ether oxygens (including phenoxy) is 2. The van der Waals surface area contributed by atoms with Gasteiger partial charge < -0.3 is 9.47 Å². The van der Waals surface area contributed by atoms with Gasteiger partial charge in [-0.15, -0.1) is 0 Å². The zero-order valence-electron chi connectivity index (χ0n) is 15.6. The van der Waals surface area contributed by atoms with Crippen LogP contribution in [0.2, 0.25) is 0 Å². The average molecular weight is 369 g/mol. The molecular weight excluding hydrogens is 346 g/mol. The number of aldehydes is 1. The van der Waals surface area contributed by atoms with Gasteiger partial charge in [-0.3, -0.25) is 14.6 Å². The van der Waals surface area contributed by atoms with Gasteiger partial charge in [0.25, 0.3) is 0 Å². The molecule has 1 aliphatic carbocycles. The fourth-order valence-electron chi connectivity index (χ4n) is 3.38. The molecule has 0 N–H and O–H groups in total. The molecule has 0 bridgehead atoms. The first-order valence-electron chi connectivity index (χ1n) is 9.06. The predicted molar refractivity (Wildman–Crippen MR) is 98.4 cm³/mol. The van der Waals surface area contributed by atoms with Gasteiger partial charge in [0.2, 0.25) is 0 Å². The molecule has 0 saturated heterocycles. The van der Waals surface area contributed by atoms with Gasteiger partial charge in [0, 0.05) is 36.1 Å². The highest BCUT2D eigenvalue weighted by molar-refractivity contribution is 5.76. The van der Waals surface area contributed by atoms with Crippen molar-refractivity contribution in [2.45, 2.75) is 45.1 Å². The van der Waals surface area contributed by atoms with E-state index >= 15 is 0 Å². The molecule has 1 saturated carbocycles. The van der Waals surface area contributed by atoms with E-state index in [0.717, 1.165) is 48.8 Å². The van der Waals surface area contributed by atoms with E-state index in [1.54, 1.807) is 18.5 Å². The van der Waals surface area contributed by atoms with Crippen LogP contribution in [0, 0.1) is 12.8 Å². The van der Waals surface area contributed by atoms with E-state index in [0.29, 0.717) is 23.9 Å². The summed E-state index contributed by atoms with van der Waals surface area (Å²) in [4.78, 5) is 35.1. The number of pyridine rings is 1. The molecule has 0 aliphatic heterocycles. The van der Waals surface area contributed by atoms with Gasteiger partial charge in [-0.05, 0) is 50.2 Å². The van der Waals surface area contributed by atoms with Crippen LogP contribution in [0.4, 0.5) is 0 Å². The Morgan fingerprint density at radius 3 is 2.44 bits per heavy atom. The van der Waals surface area contributed by atoms with E-state index in [4.69, 9.17) is 9.47 Å². The van der Waals surface area contributed by atoms with Crippen molar-refractivity contribution < 1.29 is 19.1 Å². The number of nitrogens with zero attached hydrogens (tertiary/aromatic N) is 3. The van der Waals surface area contributed by atoms with Gasteiger partial charge in [-0.1, -0.05) is 0 Å². The Hall–Kier alpha value is -2.83. The van der Waals surface area contributed by atoms with Crippen molar-refractivity contribution in [2.24, 2.45) is 5.92 Å². The largest absolute Gasteiger partial charge is 0.469 e. The number of aromatic nitrogens is 3. The molecular formula is C20H23N3O4. The topological polar surface area (TPSA) is 91.3 Å². The van der Waals surface area contributed by atoms with E-state index in [-0.39, 0.29) is 12.1 Å². The summed E-state index contributed by atoms with van der Waals surface area (Å²) < 4.78 is 10.6. The van der Waals surface area contributed by atoms with Crippen LogP contribution in [0.5, 0.6) is 6.01 Å². The minimum Gasteiger partial charge on any atom is -0.469 e. The molecule has 142 valence electrons. The zero-order valence-corrected chi connectivity index (χ0v) is 15.6. The highest BCUT2D eigenvalue weighted by Gasteiger charge is 2.25. The SMILES string of the molecule is COC(=O)CC1CCC(Oc2ncc(-c3ncc(C=O)cc3C)cn2)CC1. The van der Waals surface area contributed by atoms with Crippen LogP contribution in [-0.2, 0) is 9.53 Å². The van der Waals surface area contributed by atoms with Gasteiger partial charge in [-0.2, -0.15) is 0 Å². The summed E-state index contributed by atoms with van der Waals surface area (Å²) in [5, 5.41) is 0. The van der Waals surface area contributed by atoms with Gasteiger partial charge in [-0.25, -0.2) is 9.97 Å². The number of methoxy groups -OCH3 is 1. The van der Waals surface area contributed by atoms with Gasteiger partial charge >= 0.3 is 12.0 Å². The van der Waals surface area contributed by atoms with Crippen LogP contribution >= 0.6 is 0 Å². The first-order chi connectivity index (χ1) is 13.1. The lowest BCUT2D eigenvalue weighted by atomic mass is 9.85. The van der Waals surface area contributed by atoms with Crippen LogP contribution in [0.15, 0.2) is 24.7 Å². The number of hydrogen-bond acceptors (Lipinski definition) is 7. The van der Waals surface area contributed by atoms with Gasteiger partial charge in [0.15, 0.2) is 6.29 Å². The Morgan fingerprint density at radius 1 is 1.15 bits per heavy atom. The van der Waals surface area contributed by atoms with E-state index in [1.165, 1.54) is 13.3 Å². The fraction of sp³-hybridized carbons (Fsp3) is 0.450. The Morgan fingerprint density at radius 2 is 1.85 bits per heavy atom. The zero-order chi connectivity index (χ0) is 19.2. The second-order valence-electron chi connectivity index (χ2n) is 6.85. The summed E-state index contributed by atoms with van der Waals surface area (Å²) in [7, 11) is 1.42. The molecule has 1 aliphatic rings. The standard InChI is InChI=1S/C20H23N3O4/c1-13-7-15(12-24)9-21-19(13)16-10-22-20(23-11-16)27-17-5-3-14(4-6-17)8-18(25)26-2/h7,9-12,14,17H,3-6,8H2,1-2H3. The quantitative estimate of drug-likeness (QED) is 0.570. The normalized spacial score (nSPS) is 19.3. The maximum absolute atomic E-state index is 11.4. The van der Waals surface area contributed by atoms with E-state index in [9.17, 15) is 9.59 Å². The molecule has 1 fully saturated rings. The highest BCUT2D eigenvalue weighted by Crippen LogP contribution is 2.29. The second-order valence-corrected chi connectivity index (χ2v) is 6.85. The molecule has 2 aromatic heterocycles. The number of hydrogen-bond donors (Lipinski definition) is 0. The summed E-state index contributed by atoms with van der Waals surface area (Å²) in [6, 6.07) is 2.13. The first-order valence-corrected chi connectivity index (χ1v) is 9.06. The molecule has 0 spiro atoms. The van der Waals surface area contributed by atoms with Crippen LogP contribution in [0.1, 0.15) is 48.0 Å². The van der Waals surface area contributed by atoms with E-state index in [1.807, 2.05) is 6.92 Å². The Balaban J connectivity index is 1.57. The van der Waals surface area contributed by atoms with Crippen LogP contribution in [0.3, 0.4) is 0 Å². The van der Waals surface area contributed by atoms with Crippen molar-refractivity contribution in [2.75, 3.05) is 7.11 Å². The number of aryl methyl sites for hydroxylation is 1. The third-order valence-electron chi connectivity index (χ3n) is 4.89. The van der Waals surface area contributed by atoms with Gasteiger partial charge in [0.1, 0.15) is 6.10 Å². The number of carbonyl (C=O) groups is 2. The number of esters is 1. The molecule has 7 heteroatoms. The average Bonchev–Trinajstić information content (AvgIpc) is 2.70. The maximum atomic E-state index is 11.4. The summed E-state index contributed by atoms with van der Waals surface area (Å²) >= 11 is 0. The molecule has 2 aromatic rings. The Labute approximate surface area is 158 Å². The fourth-order valence-corrected chi connectivity index (χ4v) is 3.38. The number of carbonyl (C=O) groups excluding carboxylic acids is 2. The minimum atomic E-state index is -0.150.